The number of fused-ring (bicyclic) bond motifs is 1. The Morgan fingerprint density at radius 3 is 2.53 bits per heavy atom. The molecule has 3 heterocycles. The number of rotatable bonds is 3. The van der Waals surface area contributed by atoms with Crippen molar-refractivity contribution in [2.75, 3.05) is 24.6 Å². The van der Waals surface area contributed by atoms with Gasteiger partial charge in [0.1, 0.15) is 23.6 Å². The first-order valence-corrected chi connectivity index (χ1v) is 11.5. The Kier molecular flexibility index (Phi) is 6.02. The minimum Gasteiger partial charge on any atom is -0.370 e. The van der Waals surface area contributed by atoms with Crippen LogP contribution in [0.3, 0.4) is 0 Å². The number of benzene rings is 2. The monoisotopic (exact) mass is 498 g/mol. The van der Waals surface area contributed by atoms with E-state index in [0.717, 1.165) is 5.56 Å². The smallest absolute Gasteiger partial charge is 0.263 e. The van der Waals surface area contributed by atoms with E-state index in [1.807, 2.05) is 24.3 Å². The van der Waals surface area contributed by atoms with Crippen LogP contribution in [0.2, 0.25) is 10.0 Å². The molecule has 1 atom stereocenters. The molecule has 1 saturated heterocycles. The summed E-state index contributed by atoms with van der Waals surface area (Å²) < 4.78 is 22.4. The van der Waals surface area contributed by atoms with Gasteiger partial charge in [-0.1, -0.05) is 35.3 Å². The van der Waals surface area contributed by atoms with Crippen LogP contribution in [0, 0.1) is 12.7 Å². The number of halogens is 3. The van der Waals surface area contributed by atoms with Crippen LogP contribution < -0.4 is 10.5 Å². The van der Waals surface area contributed by atoms with Gasteiger partial charge in [0.25, 0.3) is 5.56 Å². The maximum absolute atomic E-state index is 15.0. The fraction of sp³-hybridized carbons (Fsp3) is 0.240. The normalized spacial score (nSPS) is 16.3. The average Bonchev–Trinajstić information content (AvgIpc) is 2.82. The third-order valence-corrected chi connectivity index (χ3v) is 6.58. The van der Waals surface area contributed by atoms with Gasteiger partial charge >= 0.3 is 0 Å². The van der Waals surface area contributed by atoms with Crippen molar-refractivity contribution < 1.29 is 9.13 Å². The van der Waals surface area contributed by atoms with E-state index in [0.29, 0.717) is 41.9 Å². The molecule has 0 saturated carbocycles. The molecular weight excluding hydrogens is 478 g/mol. The van der Waals surface area contributed by atoms with Crippen LogP contribution in [0.25, 0.3) is 22.2 Å². The number of aromatic nitrogens is 3. The Labute approximate surface area is 205 Å². The lowest BCUT2D eigenvalue weighted by Crippen LogP contribution is -2.39. The topological polar surface area (TPSA) is 60.2 Å². The van der Waals surface area contributed by atoms with Gasteiger partial charge in [0.2, 0.25) is 0 Å². The zero-order valence-corrected chi connectivity index (χ0v) is 20.1. The lowest BCUT2D eigenvalue weighted by atomic mass is 10.1. The third-order valence-electron chi connectivity index (χ3n) is 6.09. The summed E-state index contributed by atoms with van der Waals surface area (Å²) in [5, 5.41) is 1.19. The molecular formula is C25H21Cl2FN4O2. The molecule has 4 aromatic rings. The van der Waals surface area contributed by atoms with Gasteiger partial charge in [-0.3, -0.25) is 9.36 Å². The van der Waals surface area contributed by atoms with Crippen molar-refractivity contribution in [1.82, 2.24) is 14.5 Å². The van der Waals surface area contributed by atoms with Crippen molar-refractivity contribution in [2.24, 2.45) is 7.05 Å². The molecule has 6 nitrogen and oxygen atoms in total. The number of aryl methyl sites for hydroxylation is 1. The third kappa shape index (κ3) is 4.15. The molecule has 0 spiro atoms. The summed E-state index contributed by atoms with van der Waals surface area (Å²) in [6, 6.07) is 13.7. The first-order valence-electron chi connectivity index (χ1n) is 10.8. The summed E-state index contributed by atoms with van der Waals surface area (Å²) in [5.74, 6) is 0.597. The standard InChI is InChI=1S/C25H21Cl2FN4O2/c1-14-29-20-12-22(32-9-10-34-21(13-32)15-3-5-16(26)6-4-15)30-24(23(20)25(33)31(14)2)18-8-7-17(27)11-19(18)28/h3-8,11-12,21H,9-10,13H2,1-2H3/t21-/m1/s1. The lowest BCUT2D eigenvalue weighted by molar-refractivity contribution is 0.0395. The molecule has 174 valence electrons. The molecule has 9 heteroatoms. The molecule has 1 aliphatic rings. The number of pyridine rings is 1. The number of ether oxygens (including phenoxy) is 1. The van der Waals surface area contributed by atoms with E-state index in [9.17, 15) is 9.18 Å². The van der Waals surface area contributed by atoms with Gasteiger partial charge in [0.15, 0.2) is 0 Å². The lowest BCUT2D eigenvalue weighted by Gasteiger charge is -2.34. The van der Waals surface area contributed by atoms with Crippen molar-refractivity contribution in [2.45, 2.75) is 13.0 Å². The molecule has 34 heavy (non-hydrogen) atoms. The summed E-state index contributed by atoms with van der Waals surface area (Å²) in [5.41, 5.74) is 1.61. The highest BCUT2D eigenvalue weighted by Gasteiger charge is 2.25. The van der Waals surface area contributed by atoms with E-state index < -0.39 is 5.82 Å². The highest BCUT2D eigenvalue weighted by molar-refractivity contribution is 6.30. The molecule has 0 unspecified atom stereocenters. The Morgan fingerprint density at radius 2 is 1.79 bits per heavy atom. The molecule has 0 radical (unpaired) electrons. The van der Waals surface area contributed by atoms with E-state index in [2.05, 4.69) is 9.88 Å². The fourth-order valence-electron chi connectivity index (χ4n) is 4.16. The van der Waals surface area contributed by atoms with Gasteiger partial charge in [-0.25, -0.2) is 14.4 Å². The van der Waals surface area contributed by atoms with Crippen molar-refractivity contribution in [1.29, 1.82) is 0 Å². The Hall–Kier alpha value is -3.00. The highest BCUT2D eigenvalue weighted by atomic mass is 35.5. The average molecular weight is 499 g/mol. The SMILES string of the molecule is Cc1nc2cc(N3CCO[C@@H](c4ccc(Cl)cc4)C3)nc(-c3ccc(Cl)cc3F)c2c(=O)n1C. The van der Waals surface area contributed by atoms with Crippen LogP contribution >= 0.6 is 23.2 Å². The Morgan fingerprint density at radius 1 is 1.06 bits per heavy atom. The molecule has 0 aliphatic carbocycles. The second-order valence-corrected chi connectivity index (χ2v) is 9.10. The van der Waals surface area contributed by atoms with E-state index in [1.54, 1.807) is 32.2 Å². The van der Waals surface area contributed by atoms with Gasteiger partial charge in [0, 0.05) is 41.8 Å². The van der Waals surface area contributed by atoms with Crippen molar-refractivity contribution >= 4 is 39.9 Å². The number of hydrogen-bond donors (Lipinski definition) is 0. The molecule has 0 amide bonds. The zero-order chi connectivity index (χ0) is 24.0. The van der Waals surface area contributed by atoms with Crippen LogP contribution in [-0.2, 0) is 11.8 Å². The van der Waals surface area contributed by atoms with E-state index in [1.165, 1.54) is 10.6 Å². The number of morpholine rings is 1. The number of hydrogen-bond acceptors (Lipinski definition) is 5. The number of anilines is 1. The summed E-state index contributed by atoms with van der Waals surface area (Å²) in [6.07, 6.45) is -0.183. The Bertz CT molecular complexity index is 1460. The van der Waals surface area contributed by atoms with Crippen LogP contribution in [0.1, 0.15) is 17.5 Å². The summed E-state index contributed by atoms with van der Waals surface area (Å²) in [4.78, 5) is 24.6. The van der Waals surface area contributed by atoms with Gasteiger partial charge in [-0.2, -0.15) is 0 Å². The molecule has 0 bridgehead atoms. The van der Waals surface area contributed by atoms with Gasteiger partial charge < -0.3 is 9.64 Å². The quantitative estimate of drug-likeness (QED) is 0.382. The molecule has 2 aromatic carbocycles. The van der Waals surface area contributed by atoms with Crippen molar-refractivity contribution in [3.63, 3.8) is 0 Å². The Balaban J connectivity index is 1.65. The molecule has 0 N–H and O–H groups in total. The zero-order valence-electron chi connectivity index (χ0n) is 18.6. The van der Waals surface area contributed by atoms with Gasteiger partial charge in [-0.05, 0) is 42.8 Å². The second kappa shape index (κ2) is 8.98. The largest absolute Gasteiger partial charge is 0.370 e. The van der Waals surface area contributed by atoms with Gasteiger partial charge in [-0.15, -0.1) is 0 Å². The van der Waals surface area contributed by atoms with Crippen LogP contribution in [0.15, 0.2) is 53.3 Å². The molecule has 5 rings (SSSR count). The van der Waals surface area contributed by atoms with E-state index in [4.69, 9.17) is 32.9 Å². The van der Waals surface area contributed by atoms with Gasteiger partial charge in [0.05, 0.1) is 23.2 Å². The molecule has 2 aromatic heterocycles. The maximum atomic E-state index is 15.0. The minimum atomic E-state index is -0.554. The van der Waals surface area contributed by atoms with E-state index >= 15 is 0 Å². The van der Waals surface area contributed by atoms with Crippen LogP contribution in [0.5, 0.6) is 0 Å². The molecule has 1 fully saturated rings. The first-order chi connectivity index (χ1) is 16.3. The summed E-state index contributed by atoms with van der Waals surface area (Å²) in [7, 11) is 1.64. The van der Waals surface area contributed by atoms with Crippen molar-refractivity contribution in [3.8, 4) is 11.3 Å². The minimum absolute atomic E-state index is 0.183. The van der Waals surface area contributed by atoms with Crippen LogP contribution in [-0.4, -0.2) is 34.2 Å². The predicted molar refractivity (Wildman–Crippen MR) is 132 cm³/mol. The molecule has 1 aliphatic heterocycles. The fourth-order valence-corrected chi connectivity index (χ4v) is 4.44. The first kappa shape index (κ1) is 22.8. The predicted octanol–water partition coefficient (Wildman–Crippen LogP) is 5.33. The van der Waals surface area contributed by atoms with Crippen LogP contribution in [0.4, 0.5) is 10.2 Å². The second-order valence-electron chi connectivity index (χ2n) is 8.23. The maximum Gasteiger partial charge on any atom is 0.263 e. The number of nitrogens with zero attached hydrogens (tertiary/aromatic N) is 4. The summed E-state index contributed by atoms with van der Waals surface area (Å²) in [6.45, 7) is 3.37. The van der Waals surface area contributed by atoms with E-state index in [-0.39, 0.29) is 33.3 Å². The summed E-state index contributed by atoms with van der Waals surface area (Å²) >= 11 is 12.0. The highest BCUT2D eigenvalue weighted by Crippen LogP contribution is 2.33. The van der Waals surface area contributed by atoms with Crippen molar-refractivity contribution in [3.05, 3.63) is 86.1 Å².